The Morgan fingerprint density at radius 3 is 2.60 bits per heavy atom. The predicted molar refractivity (Wildman–Crippen MR) is 175 cm³/mol. The average Bonchev–Trinajstić information content (AvgIpc) is 3.83. The molecule has 0 spiro atoms. The fourth-order valence-electron chi connectivity index (χ4n) is 5.90. The minimum Gasteiger partial charge on any atom is -0.485 e. The summed E-state index contributed by atoms with van der Waals surface area (Å²) in [5.41, 5.74) is 6.81. The smallest absolute Gasteiger partial charge is 0.410 e. The molecule has 0 saturated carbocycles. The van der Waals surface area contributed by atoms with Gasteiger partial charge in [-0.1, -0.05) is 11.3 Å². The SMILES string of the molecule is CC(C)(C)OC(=O)N1CC(Oc2ccc(N3CCN(CCn4c(=O)sc5c4nc(N)n4nc(-c6ccco6)nc54)CC3)c(F)c2)[C@H](F)C1. The first-order chi connectivity index (χ1) is 22.9. The fraction of sp³-hybridized carbons (Fsp3) is 0.452. The van der Waals surface area contributed by atoms with Crippen molar-refractivity contribution in [2.75, 3.05) is 56.4 Å². The summed E-state index contributed by atoms with van der Waals surface area (Å²) in [5, 5.41) is 4.39. The van der Waals surface area contributed by atoms with E-state index in [0.29, 0.717) is 72.5 Å². The molecule has 0 aliphatic carbocycles. The summed E-state index contributed by atoms with van der Waals surface area (Å²) < 4.78 is 50.0. The molecule has 0 bridgehead atoms. The van der Waals surface area contributed by atoms with E-state index in [1.54, 1.807) is 49.6 Å². The molecule has 2 fully saturated rings. The minimum absolute atomic E-state index is 0.00970. The lowest BCUT2D eigenvalue weighted by molar-refractivity contribution is 0.0273. The second kappa shape index (κ2) is 12.4. The normalized spacial score (nSPS) is 19.1. The van der Waals surface area contributed by atoms with Crippen LogP contribution in [0.15, 0.2) is 45.8 Å². The Morgan fingerprint density at radius 1 is 1.10 bits per heavy atom. The van der Waals surface area contributed by atoms with Crippen molar-refractivity contribution in [2.24, 2.45) is 0 Å². The van der Waals surface area contributed by atoms with Crippen molar-refractivity contribution in [3.05, 3.63) is 52.1 Å². The van der Waals surface area contributed by atoms with Crippen LogP contribution in [0.3, 0.4) is 0 Å². The van der Waals surface area contributed by atoms with Gasteiger partial charge in [0, 0.05) is 45.3 Å². The van der Waals surface area contributed by atoms with E-state index in [9.17, 15) is 14.0 Å². The van der Waals surface area contributed by atoms with Crippen LogP contribution in [0.1, 0.15) is 20.8 Å². The molecule has 2 atom stereocenters. The van der Waals surface area contributed by atoms with Gasteiger partial charge in [-0.3, -0.25) is 14.3 Å². The Kier molecular flexibility index (Phi) is 8.19. The maximum absolute atomic E-state index is 15.3. The van der Waals surface area contributed by atoms with Crippen molar-refractivity contribution in [3.63, 3.8) is 0 Å². The first-order valence-electron chi connectivity index (χ1n) is 15.6. The zero-order valence-corrected chi connectivity index (χ0v) is 27.5. The maximum Gasteiger partial charge on any atom is 0.410 e. The number of aromatic nitrogens is 5. The number of halogens is 2. The van der Waals surface area contributed by atoms with Gasteiger partial charge in [0.15, 0.2) is 23.2 Å². The first-order valence-corrected chi connectivity index (χ1v) is 16.4. The lowest BCUT2D eigenvalue weighted by Crippen LogP contribution is -2.47. The third-order valence-electron chi connectivity index (χ3n) is 8.27. The van der Waals surface area contributed by atoms with E-state index in [1.807, 2.05) is 4.90 Å². The van der Waals surface area contributed by atoms with Crippen molar-refractivity contribution >= 4 is 45.1 Å². The van der Waals surface area contributed by atoms with E-state index in [2.05, 4.69) is 20.0 Å². The van der Waals surface area contributed by atoms with Gasteiger partial charge in [-0.05, 0) is 45.0 Å². The fourth-order valence-corrected chi connectivity index (χ4v) is 6.84. The Hall–Kier alpha value is -4.77. The third kappa shape index (κ3) is 6.26. The zero-order chi connectivity index (χ0) is 33.7. The largest absolute Gasteiger partial charge is 0.485 e. The summed E-state index contributed by atoms with van der Waals surface area (Å²) in [5.74, 6) is 0.648. The van der Waals surface area contributed by atoms with Crippen LogP contribution in [0.2, 0.25) is 0 Å². The van der Waals surface area contributed by atoms with Crippen molar-refractivity contribution in [2.45, 2.75) is 45.2 Å². The number of piperazine rings is 1. The molecule has 1 amide bonds. The number of carbonyl (C=O) groups excluding carboxylic acids is 1. The standard InChI is InChI=1S/C31H35F2N9O5S/c1-31(2,3)47-29(43)40-16-20(33)23(17-40)46-18-6-7-21(19(32)15-18)39-11-8-38(9-12-39)10-13-41-26-24(48-30(41)44)27-35-25(22-5-4-14-45-22)37-42(27)28(34)36-26/h4-7,14-15,20,23H,8-13,16-17H2,1-3H3,(H2,34,36)/t20-,23?/m1/s1. The number of anilines is 2. The molecule has 4 aromatic heterocycles. The molecule has 1 unspecified atom stereocenters. The Balaban J connectivity index is 0.957. The van der Waals surface area contributed by atoms with Crippen LogP contribution in [0.25, 0.3) is 27.6 Å². The van der Waals surface area contributed by atoms with Gasteiger partial charge < -0.3 is 29.4 Å². The Morgan fingerprint density at radius 2 is 1.90 bits per heavy atom. The average molecular weight is 684 g/mol. The number of carbonyl (C=O) groups is 1. The molecule has 14 nitrogen and oxygen atoms in total. The summed E-state index contributed by atoms with van der Waals surface area (Å²) in [6, 6.07) is 7.97. The van der Waals surface area contributed by atoms with E-state index in [-0.39, 0.29) is 29.7 Å². The molecule has 2 aliphatic rings. The Bertz CT molecular complexity index is 2010. The molecule has 1 aromatic carbocycles. The summed E-state index contributed by atoms with van der Waals surface area (Å²) in [6.45, 7) is 8.50. The van der Waals surface area contributed by atoms with E-state index in [4.69, 9.17) is 19.6 Å². The number of likely N-dealkylation sites (tertiary alicyclic amines) is 1. The number of rotatable bonds is 7. The van der Waals surface area contributed by atoms with Crippen molar-refractivity contribution in [1.82, 2.24) is 33.9 Å². The molecule has 2 aliphatic heterocycles. The summed E-state index contributed by atoms with van der Waals surface area (Å²) in [4.78, 5) is 39.6. The van der Waals surface area contributed by atoms with Crippen molar-refractivity contribution in [1.29, 1.82) is 0 Å². The molecule has 17 heteroatoms. The predicted octanol–water partition coefficient (Wildman–Crippen LogP) is 3.64. The molecule has 7 rings (SSSR count). The number of alkyl halides is 1. The number of thiazole rings is 1. The Labute approximate surface area is 277 Å². The van der Waals surface area contributed by atoms with Crippen LogP contribution in [-0.2, 0) is 11.3 Å². The van der Waals surface area contributed by atoms with E-state index in [1.165, 1.54) is 21.7 Å². The molecule has 254 valence electrons. The number of amides is 1. The van der Waals surface area contributed by atoms with Crippen LogP contribution in [0.4, 0.5) is 25.2 Å². The number of benzene rings is 1. The van der Waals surface area contributed by atoms with Crippen LogP contribution in [0, 0.1) is 5.82 Å². The van der Waals surface area contributed by atoms with Crippen LogP contribution in [-0.4, -0.2) is 104 Å². The van der Waals surface area contributed by atoms with Gasteiger partial charge in [0.25, 0.3) is 0 Å². The molecule has 2 saturated heterocycles. The van der Waals surface area contributed by atoms with Gasteiger partial charge >= 0.3 is 11.0 Å². The van der Waals surface area contributed by atoms with Crippen molar-refractivity contribution < 1.29 is 27.5 Å². The second-order valence-corrected chi connectivity index (χ2v) is 13.8. The van der Waals surface area contributed by atoms with Crippen LogP contribution >= 0.6 is 11.3 Å². The summed E-state index contributed by atoms with van der Waals surface area (Å²) in [6.07, 6.45) is -1.43. The number of nitrogens with zero attached hydrogens (tertiary/aromatic N) is 8. The number of nitrogens with two attached hydrogens (primary N) is 1. The molecule has 5 aromatic rings. The van der Waals surface area contributed by atoms with Gasteiger partial charge in [-0.25, -0.2) is 18.6 Å². The van der Waals surface area contributed by atoms with Crippen LogP contribution in [0.5, 0.6) is 5.75 Å². The van der Waals surface area contributed by atoms with Gasteiger partial charge in [0.2, 0.25) is 11.8 Å². The first kappa shape index (κ1) is 31.8. The number of furan rings is 1. The van der Waals surface area contributed by atoms with E-state index in [0.717, 1.165) is 11.3 Å². The highest BCUT2D eigenvalue weighted by molar-refractivity contribution is 7.17. The topological polar surface area (TPSA) is 149 Å². The number of hydrogen-bond acceptors (Lipinski definition) is 12. The van der Waals surface area contributed by atoms with Crippen molar-refractivity contribution in [3.8, 4) is 17.3 Å². The zero-order valence-electron chi connectivity index (χ0n) is 26.6. The highest BCUT2D eigenvalue weighted by Crippen LogP contribution is 2.29. The minimum atomic E-state index is -1.42. The summed E-state index contributed by atoms with van der Waals surface area (Å²) >= 11 is 1.04. The molecular formula is C31H35F2N9O5S. The second-order valence-electron chi connectivity index (χ2n) is 12.8. The highest BCUT2D eigenvalue weighted by Gasteiger charge is 2.39. The highest BCUT2D eigenvalue weighted by atomic mass is 32.1. The third-order valence-corrected chi connectivity index (χ3v) is 9.23. The van der Waals surface area contributed by atoms with Gasteiger partial charge in [-0.2, -0.15) is 9.50 Å². The van der Waals surface area contributed by atoms with Gasteiger partial charge in [0.1, 0.15) is 28.0 Å². The van der Waals surface area contributed by atoms with E-state index >= 15 is 4.39 Å². The lowest BCUT2D eigenvalue weighted by Gasteiger charge is -2.36. The van der Waals surface area contributed by atoms with Gasteiger partial charge in [-0.15, -0.1) is 5.10 Å². The van der Waals surface area contributed by atoms with E-state index < -0.39 is 29.8 Å². The molecular weight excluding hydrogens is 648 g/mol. The molecule has 48 heavy (non-hydrogen) atoms. The van der Waals surface area contributed by atoms with Gasteiger partial charge in [0.05, 0.1) is 25.0 Å². The lowest BCUT2D eigenvalue weighted by atomic mass is 10.2. The molecule has 0 radical (unpaired) electrons. The van der Waals surface area contributed by atoms with Crippen LogP contribution < -0.4 is 20.2 Å². The number of fused-ring (bicyclic) bond motifs is 3. The molecule has 6 heterocycles. The number of ether oxygens (including phenoxy) is 2. The molecule has 2 N–H and O–H groups in total. The summed E-state index contributed by atoms with van der Waals surface area (Å²) in [7, 11) is 0. The number of nitrogen functional groups attached to an aromatic ring is 1. The monoisotopic (exact) mass is 683 g/mol. The quantitative estimate of drug-likeness (QED) is 0.268. The maximum atomic E-state index is 15.3. The number of hydrogen-bond donors (Lipinski definition) is 1.